The molecule has 0 aliphatic rings. The quantitative estimate of drug-likeness (QED) is 0.659. The van der Waals surface area contributed by atoms with E-state index in [9.17, 15) is 0 Å². The van der Waals surface area contributed by atoms with E-state index in [2.05, 4.69) is 15.3 Å². The number of anilines is 2. The number of nitrogen functional groups attached to an aromatic ring is 1. The Balaban J connectivity index is 2.59. The highest BCUT2D eigenvalue weighted by Gasteiger charge is 2.08. The maximum absolute atomic E-state index is 9.14. The van der Waals surface area contributed by atoms with Gasteiger partial charge in [-0.05, 0) is 19.8 Å². The normalized spacial score (nSPS) is 12.2. The third-order valence-electron chi connectivity index (χ3n) is 2.14. The smallest absolute Gasteiger partial charge is 0.242 e. The Bertz CT molecular complexity index is 344. The summed E-state index contributed by atoms with van der Waals surface area (Å²) in [5, 5.41) is 12.2. The molecule has 4 N–H and O–H groups in total. The van der Waals surface area contributed by atoms with Crippen molar-refractivity contribution in [3.63, 3.8) is 0 Å². The summed E-state index contributed by atoms with van der Waals surface area (Å²) in [7, 11) is 0. The number of nitrogens with two attached hydrogens (primary N) is 1. The van der Waals surface area contributed by atoms with Crippen LogP contribution in [0.4, 0.5) is 11.5 Å². The molecule has 0 aromatic carbocycles. The summed E-state index contributed by atoms with van der Waals surface area (Å²) in [5.74, 6) is 0.952. The van der Waals surface area contributed by atoms with Crippen molar-refractivity contribution in [1.82, 2.24) is 9.97 Å². The second-order valence-corrected chi connectivity index (χ2v) is 3.85. The second-order valence-electron chi connectivity index (χ2n) is 3.85. The minimum Gasteiger partial charge on any atom is -0.476 e. The van der Waals surface area contributed by atoms with Crippen molar-refractivity contribution >= 4 is 11.5 Å². The van der Waals surface area contributed by atoms with Crippen molar-refractivity contribution in [2.24, 2.45) is 0 Å². The average Bonchev–Trinajstić information content (AvgIpc) is 2.29. The molecule has 6 nitrogen and oxygen atoms in total. The van der Waals surface area contributed by atoms with Gasteiger partial charge in [-0.3, -0.25) is 0 Å². The van der Waals surface area contributed by atoms with E-state index < -0.39 is 0 Å². The number of nitrogens with zero attached hydrogens (tertiary/aromatic N) is 2. The van der Waals surface area contributed by atoms with Crippen LogP contribution in [0.2, 0.25) is 0 Å². The van der Waals surface area contributed by atoms with Gasteiger partial charge in [-0.15, -0.1) is 0 Å². The van der Waals surface area contributed by atoms with Crippen LogP contribution in [0.5, 0.6) is 5.88 Å². The van der Waals surface area contributed by atoms with Crippen LogP contribution < -0.4 is 15.8 Å². The number of nitrogens with one attached hydrogen (secondary N) is 1. The van der Waals surface area contributed by atoms with Gasteiger partial charge >= 0.3 is 0 Å². The van der Waals surface area contributed by atoms with E-state index in [0.717, 1.165) is 6.42 Å². The topological polar surface area (TPSA) is 93.3 Å². The fraction of sp³-hybridized carbons (Fsp3) is 0.636. The zero-order valence-corrected chi connectivity index (χ0v) is 10.3. The molecule has 0 saturated heterocycles. The summed E-state index contributed by atoms with van der Waals surface area (Å²) in [6.07, 6.45) is 2.59. The molecule has 17 heavy (non-hydrogen) atoms. The van der Waals surface area contributed by atoms with E-state index in [1.807, 2.05) is 6.92 Å². The highest BCUT2D eigenvalue weighted by atomic mass is 16.5. The summed E-state index contributed by atoms with van der Waals surface area (Å²) in [6, 6.07) is 0. The average molecular weight is 240 g/mol. The zero-order chi connectivity index (χ0) is 12.7. The Kier molecular flexibility index (Phi) is 5.48. The number of rotatable bonds is 7. The molecule has 0 spiro atoms. The predicted octanol–water partition coefficient (Wildman–Crippen LogP) is 1.03. The van der Waals surface area contributed by atoms with Crippen LogP contribution in [0.1, 0.15) is 26.7 Å². The van der Waals surface area contributed by atoms with E-state index in [1.54, 1.807) is 6.92 Å². The first-order chi connectivity index (χ1) is 8.15. The molecule has 0 fully saturated rings. The lowest BCUT2D eigenvalue weighted by Gasteiger charge is -2.11. The lowest BCUT2D eigenvalue weighted by Crippen LogP contribution is -2.13. The minimum absolute atomic E-state index is 0.346. The fourth-order valence-electron chi connectivity index (χ4n) is 1.23. The third kappa shape index (κ3) is 4.44. The number of aliphatic hydroxyl groups excluding tert-OH is 1. The van der Waals surface area contributed by atoms with Crippen LogP contribution in [-0.2, 0) is 0 Å². The van der Waals surface area contributed by atoms with Crippen molar-refractivity contribution in [2.45, 2.75) is 32.8 Å². The van der Waals surface area contributed by atoms with Crippen molar-refractivity contribution in [1.29, 1.82) is 0 Å². The first kappa shape index (κ1) is 13.5. The monoisotopic (exact) mass is 240 g/mol. The van der Waals surface area contributed by atoms with Gasteiger partial charge in [0.05, 0.1) is 12.7 Å². The maximum Gasteiger partial charge on any atom is 0.242 e. The summed E-state index contributed by atoms with van der Waals surface area (Å²) in [5.41, 5.74) is 6.27. The Morgan fingerprint density at radius 1 is 1.53 bits per heavy atom. The number of hydrogen-bond acceptors (Lipinski definition) is 6. The van der Waals surface area contributed by atoms with E-state index in [4.69, 9.17) is 15.6 Å². The van der Waals surface area contributed by atoms with Crippen molar-refractivity contribution < 1.29 is 9.84 Å². The van der Waals surface area contributed by atoms with Gasteiger partial charge in [0.15, 0.2) is 5.82 Å². The number of hydrogen-bond donors (Lipinski definition) is 3. The molecule has 1 heterocycles. The zero-order valence-electron chi connectivity index (χ0n) is 10.3. The predicted molar refractivity (Wildman–Crippen MR) is 67.0 cm³/mol. The van der Waals surface area contributed by atoms with Gasteiger partial charge in [0.1, 0.15) is 12.0 Å². The first-order valence-corrected chi connectivity index (χ1v) is 5.80. The molecule has 1 unspecified atom stereocenters. The summed E-state index contributed by atoms with van der Waals surface area (Å²) in [4.78, 5) is 8.01. The molecule has 0 amide bonds. The van der Waals surface area contributed by atoms with E-state index in [1.165, 1.54) is 6.33 Å². The van der Waals surface area contributed by atoms with Crippen LogP contribution in [-0.4, -0.2) is 34.3 Å². The van der Waals surface area contributed by atoms with E-state index >= 15 is 0 Å². The molecule has 96 valence electrons. The lowest BCUT2D eigenvalue weighted by molar-refractivity contribution is 0.188. The standard InChI is InChI=1S/C11H20N4O2/c1-3-6-17-11-9(12)10(14-7-15-11)13-5-4-8(2)16/h7-8,16H,3-6,12H2,1-2H3,(H,13,14,15). The van der Waals surface area contributed by atoms with Crippen LogP contribution >= 0.6 is 0 Å². The summed E-state index contributed by atoms with van der Waals surface area (Å²) in [6.45, 7) is 4.93. The Hall–Kier alpha value is -1.56. The largest absolute Gasteiger partial charge is 0.476 e. The van der Waals surface area contributed by atoms with Gasteiger partial charge in [0.2, 0.25) is 5.88 Å². The molecule has 1 rings (SSSR count). The molecular formula is C11H20N4O2. The Morgan fingerprint density at radius 3 is 2.94 bits per heavy atom. The van der Waals surface area contributed by atoms with Gasteiger partial charge < -0.3 is 20.9 Å². The fourth-order valence-corrected chi connectivity index (χ4v) is 1.23. The van der Waals surface area contributed by atoms with Gasteiger partial charge in [-0.25, -0.2) is 4.98 Å². The highest BCUT2D eigenvalue weighted by Crippen LogP contribution is 2.24. The molecule has 1 aromatic heterocycles. The lowest BCUT2D eigenvalue weighted by atomic mass is 10.3. The molecule has 1 atom stereocenters. The molecule has 0 bridgehead atoms. The first-order valence-electron chi connectivity index (χ1n) is 5.80. The van der Waals surface area contributed by atoms with Gasteiger partial charge in [-0.1, -0.05) is 6.92 Å². The number of aromatic nitrogens is 2. The molecule has 0 aliphatic heterocycles. The van der Waals surface area contributed by atoms with Gasteiger partial charge in [0, 0.05) is 6.54 Å². The van der Waals surface area contributed by atoms with E-state index in [-0.39, 0.29) is 6.10 Å². The third-order valence-corrected chi connectivity index (χ3v) is 2.14. The summed E-state index contributed by atoms with van der Waals surface area (Å²) >= 11 is 0. The highest BCUT2D eigenvalue weighted by molar-refractivity contribution is 5.66. The Labute approximate surface area is 101 Å². The molecule has 1 aromatic rings. The van der Waals surface area contributed by atoms with Crippen molar-refractivity contribution in [3.8, 4) is 5.88 Å². The van der Waals surface area contributed by atoms with Crippen molar-refractivity contribution in [3.05, 3.63) is 6.33 Å². The molecule has 0 saturated carbocycles. The SMILES string of the molecule is CCCOc1ncnc(NCCC(C)O)c1N. The maximum atomic E-state index is 9.14. The van der Waals surface area contributed by atoms with Crippen molar-refractivity contribution in [2.75, 3.05) is 24.2 Å². The summed E-state index contributed by atoms with van der Waals surface area (Å²) < 4.78 is 5.39. The van der Waals surface area contributed by atoms with Crippen LogP contribution in [0.25, 0.3) is 0 Å². The number of aliphatic hydroxyl groups is 1. The Morgan fingerprint density at radius 2 is 2.29 bits per heavy atom. The van der Waals surface area contributed by atoms with Gasteiger partial charge in [0.25, 0.3) is 0 Å². The van der Waals surface area contributed by atoms with Crippen LogP contribution in [0.15, 0.2) is 6.33 Å². The van der Waals surface area contributed by atoms with E-state index in [0.29, 0.717) is 37.0 Å². The molecular weight excluding hydrogens is 220 g/mol. The molecule has 6 heteroatoms. The van der Waals surface area contributed by atoms with Gasteiger partial charge in [-0.2, -0.15) is 4.98 Å². The molecule has 0 radical (unpaired) electrons. The molecule has 0 aliphatic carbocycles. The number of ether oxygens (including phenoxy) is 1. The minimum atomic E-state index is -0.346. The van der Waals surface area contributed by atoms with Crippen LogP contribution in [0, 0.1) is 0 Å². The second kappa shape index (κ2) is 6.90. The van der Waals surface area contributed by atoms with Crippen LogP contribution in [0.3, 0.4) is 0 Å².